The summed E-state index contributed by atoms with van der Waals surface area (Å²) >= 11 is 0. The predicted octanol–water partition coefficient (Wildman–Crippen LogP) is 0.364. The zero-order valence-electron chi connectivity index (χ0n) is 9.56. The molecule has 2 heterocycles. The van der Waals surface area contributed by atoms with Gasteiger partial charge in [-0.1, -0.05) is 0 Å². The van der Waals surface area contributed by atoms with Crippen LogP contribution in [0.4, 0.5) is 0 Å². The molecule has 1 atom stereocenters. The number of carbonyl (C=O) groups is 1. The first-order valence-electron chi connectivity index (χ1n) is 5.42. The average molecular weight is 224 g/mol. The van der Waals surface area contributed by atoms with Crippen molar-refractivity contribution < 1.29 is 9.53 Å². The van der Waals surface area contributed by atoms with Crippen LogP contribution in [0.5, 0.6) is 0 Å². The standard InChI is InChI=1S/C10H16N4O2/c1-7-11-9(13-12-7)10(15)14-5-3-4-8(6-14)16-2/h8H,3-6H2,1-2H3,(H,11,12,13). The van der Waals surface area contributed by atoms with Crippen LogP contribution in [0.25, 0.3) is 0 Å². The number of nitrogens with one attached hydrogen (secondary N) is 1. The summed E-state index contributed by atoms with van der Waals surface area (Å²) < 4.78 is 5.27. The quantitative estimate of drug-likeness (QED) is 0.787. The molecule has 1 fully saturated rings. The van der Waals surface area contributed by atoms with Crippen molar-refractivity contribution in [3.63, 3.8) is 0 Å². The van der Waals surface area contributed by atoms with E-state index in [1.165, 1.54) is 0 Å². The lowest BCUT2D eigenvalue weighted by Gasteiger charge is -2.31. The molecule has 0 aromatic carbocycles. The highest BCUT2D eigenvalue weighted by molar-refractivity contribution is 5.90. The third kappa shape index (κ3) is 2.21. The Morgan fingerprint density at radius 1 is 1.62 bits per heavy atom. The summed E-state index contributed by atoms with van der Waals surface area (Å²) in [4.78, 5) is 17.8. The fourth-order valence-corrected chi connectivity index (χ4v) is 1.89. The molecule has 0 aliphatic carbocycles. The molecule has 1 aromatic heterocycles. The Bertz CT molecular complexity index is 377. The number of methoxy groups -OCH3 is 1. The normalized spacial score (nSPS) is 21.1. The van der Waals surface area contributed by atoms with Crippen molar-refractivity contribution in [1.29, 1.82) is 0 Å². The molecule has 1 aromatic rings. The van der Waals surface area contributed by atoms with Crippen molar-refractivity contribution in [2.24, 2.45) is 0 Å². The van der Waals surface area contributed by atoms with E-state index < -0.39 is 0 Å². The molecule has 1 aliphatic rings. The van der Waals surface area contributed by atoms with Crippen LogP contribution in [0.3, 0.4) is 0 Å². The summed E-state index contributed by atoms with van der Waals surface area (Å²) in [6.45, 7) is 3.16. The van der Waals surface area contributed by atoms with Gasteiger partial charge < -0.3 is 9.64 Å². The molecule has 1 unspecified atom stereocenters. The second-order valence-electron chi connectivity index (χ2n) is 4.00. The van der Waals surface area contributed by atoms with E-state index in [9.17, 15) is 4.79 Å². The summed E-state index contributed by atoms with van der Waals surface area (Å²) in [6.07, 6.45) is 2.11. The van der Waals surface area contributed by atoms with E-state index in [1.54, 1.807) is 18.9 Å². The van der Waals surface area contributed by atoms with Gasteiger partial charge in [-0.05, 0) is 19.8 Å². The molecule has 0 radical (unpaired) electrons. The van der Waals surface area contributed by atoms with Crippen molar-refractivity contribution in [2.45, 2.75) is 25.9 Å². The van der Waals surface area contributed by atoms with Gasteiger partial charge in [0.1, 0.15) is 5.82 Å². The molecule has 1 aliphatic heterocycles. The molecule has 16 heavy (non-hydrogen) atoms. The van der Waals surface area contributed by atoms with Crippen LogP contribution in [0.1, 0.15) is 29.3 Å². The number of hydrogen-bond donors (Lipinski definition) is 1. The van der Waals surface area contributed by atoms with E-state index in [1.807, 2.05) is 0 Å². The number of likely N-dealkylation sites (tertiary alicyclic amines) is 1. The molecular formula is C10H16N4O2. The van der Waals surface area contributed by atoms with Gasteiger partial charge in [0.15, 0.2) is 0 Å². The van der Waals surface area contributed by atoms with Gasteiger partial charge in [-0.15, -0.1) is 5.10 Å². The SMILES string of the molecule is COC1CCCN(C(=O)c2n[nH]c(C)n2)C1. The van der Waals surface area contributed by atoms with Crippen LogP contribution < -0.4 is 0 Å². The Morgan fingerprint density at radius 3 is 3.06 bits per heavy atom. The second kappa shape index (κ2) is 4.61. The number of aryl methyl sites for hydroxylation is 1. The highest BCUT2D eigenvalue weighted by atomic mass is 16.5. The molecule has 0 spiro atoms. The average Bonchev–Trinajstić information content (AvgIpc) is 2.75. The maximum Gasteiger partial charge on any atom is 0.293 e. The number of piperidine rings is 1. The van der Waals surface area contributed by atoms with Crippen LogP contribution >= 0.6 is 0 Å². The smallest absolute Gasteiger partial charge is 0.293 e. The molecule has 6 nitrogen and oxygen atoms in total. The minimum absolute atomic E-state index is 0.119. The number of H-pyrrole nitrogens is 1. The Kier molecular flexibility index (Phi) is 3.19. The molecule has 6 heteroatoms. The van der Waals surface area contributed by atoms with Crippen molar-refractivity contribution in [2.75, 3.05) is 20.2 Å². The maximum absolute atomic E-state index is 12.0. The molecule has 1 N–H and O–H groups in total. The number of nitrogens with zero attached hydrogens (tertiary/aromatic N) is 3. The van der Waals surface area contributed by atoms with Crippen LogP contribution in [0.15, 0.2) is 0 Å². The largest absolute Gasteiger partial charge is 0.380 e. The van der Waals surface area contributed by atoms with Crippen molar-refractivity contribution in [3.05, 3.63) is 11.6 Å². The monoisotopic (exact) mass is 224 g/mol. The van der Waals surface area contributed by atoms with Crippen LogP contribution in [-0.4, -0.2) is 52.3 Å². The van der Waals surface area contributed by atoms with E-state index in [0.717, 1.165) is 19.4 Å². The van der Waals surface area contributed by atoms with Crippen molar-refractivity contribution in [3.8, 4) is 0 Å². The summed E-state index contributed by atoms with van der Waals surface area (Å²) in [5, 5.41) is 6.55. The molecule has 0 bridgehead atoms. The minimum atomic E-state index is -0.119. The molecule has 88 valence electrons. The number of rotatable bonds is 2. The van der Waals surface area contributed by atoms with E-state index in [2.05, 4.69) is 15.2 Å². The van der Waals surface area contributed by atoms with Gasteiger partial charge in [-0.2, -0.15) is 0 Å². The van der Waals surface area contributed by atoms with E-state index in [4.69, 9.17) is 4.74 Å². The van der Waals surface area contributed by atoms with Gasteiger partial charge >= 0.3 is 0 Å². The molecule has 1 amide bonds. The Hall–Kier alpha value is -1.43. The lowest BCUT2D eigenvalue weighted by molar-refractivity contribution is 0.0262. The van der Waals surface area contributed by atoms with Gasteiger partial charge in [0.2, 0.25) is 5.82 Å². The fourth-order valence-electron chi connectivity index (χ4n) is 1.89. The number of aromatic amines is 1. The first-order chi connectivity index (χ1) is 7.70. The topological polar surface area (TPSA) is 71.1 Å². The van der Waals surface area contributed by atoms with Crippen molar-refractivity contribution >= 4 is 5.91 Å². The molecular weight excluding hydrogens is 208 g/mol. The van der Waals surface area contributed by atoms with Crippen LogP contribution in [0, 0.1) is 6.92 Å². The number of carbonyl (C=O) groups excluding carboxylic acids is 1. The third-order valence-corrected chi connectivity index (χ3v) is 2.79. The van der Waals surface area contributed by atoms with Crippen LogP contribution in [-0.2, 0) is 4.74 Å². The summed E-state index contributed by atoms with van der Waals surface area (Å²) in [6, 6.07) is 0. The molecule has 0 saturated carbocycles. The lowest BCUT2D eigenvalue weighted by atomic mass is 10.1. The summed E-state index contributed by atoms with van der Waals surface area (Å²) in [7, 11) is 1.68. The summed E-state index contributed by atoms with van der Waals surface area (Å²) in [5.74, 6) is 0.781. The third-order valence-electron chi connectivity index (χ3n) is 2.79. The van der Waals surface area contributed by atoms with Gasteiger partial charge in [-0.25, -0.2) is 4.98 Å². The van der Waals surface area contributed by atoms with E-state index in [-0.39, 0.29) is 17.8 Å². The highest BCUT2D eigenvalue weighted by Crippen LogP contribution is 2.14. The van der Waals surface area contributed by atoms with Crippen LogP contribution in [0.2, 0.25) is 0 Å². The predicted molar refractivity (Wildman–Crippen MR) is 57.1 cm³/mol. The van der Waals surface area contributed by atoms with Gasteiger partial charge in [0.25, 0.3) is 5.91 Å². The number of amides is 1. The zero-order valence-corrected chi connectivity index (χ0v) is 9.56. The Morgan fingerprint density at radius 2 is 2.44 bits per heavy atom. The van der Waals surface area contributed by atoms with Crippen molar-refractivity contribution in [1.82, 2.24) is 20.1 Å². The maximum atomic E-state index is 12.0. The Balaban J connectivity index is 2.04. The number of hydrogen-bond acceptors (Lipinski definition) is 4. The Labute approximate surface area is 94.0 Å². The fraction of sp³-hybridized carbons (Fsp3) is 0.700. The van der Waals surface area contributed by atoms with Gasteiger partial charge in [0.05, 0.1) is 6.10 Å². The highest BCUT2D eigenvalue weighted by Gasteiger charge is 2.26. The van der Waals surface area contributed by atoms with E-state index >= 15 is 0 Å². The van der Waals surface area contributed by atoms with Gasteiger partial charge in [-0.3, -0.25) is 9.89 Å². The first-order valence-corrected chi connectivity index (χ1v) is 5.42. The van der Waals surface area contributed by atoms with Gasteiger partial charge in [0, 0.05) is 20.2 Å². The summed E-state index contributed by atoms with van der Waals surface area (Å²) in [5.41, 5.74) is 0. The lowest BCUT2D eigenvalue weighted by Crippen LogP contribution is -2.43. The second-order valence-corrected chi connectivity index (χ2v) is 4.00. The molecule has 2 rings (SSSR count). The van der Waals surface area contributed by atoms with E-state index in [0.29, 0.717) is 12.4 Å². The first kappa shape index (κ1) is 11.1. The minimum Gasteiger partial charge on any atom is -0.380 e. The number of ether oxygens (including phenoxy) is 1. The number of aromatic nitrogens is 3. The zero-order chi connectivity index (χ0) is 11.5. The molecule has 1 saturated heterocycles.